The molecule has 0 aliphatic carbocycles. The summed E-state index contributed by atoms with van der Waals surface area (Å²) in [4.78, 5) is 16.7. The molecule has 2 heterocycles. The van der Waals surface area contributed by atoms with Crippen LogP contribution in [0.15, 0.2) is 30.5 Å². The minimum Gasteiger partial charge on any atom is -0.304 e. The average molecular weight is 367 g/mol. The van der Waals surface area contributed by atoms with E-state index < -0.39 is 0 Å². The van der Waals surface area contributed by atoms with Crippen LogP contribution in [0.3, 0.4) is 0 Å². The number of carbonyl (C=O) groups is 1. The van der Waals surface area contributed by atoms with Gasteiger partial charge >= 0.3 is 0 Å². The third-order valence-electron chi connectivity index (χ3n) is 4.19. The Morgan fingerprint density at radius 1 is 1.12 bits per heavy atom. The van der Waals surface area contributed by atoms with E-state index in [1.54, 1.807) is 16.8 Å². The summed E-state index contributed by atoms with van der Waals surface area (Å²) in [5.41, 5.74) is 1.59. The minimum atomic E-state index is 0.193. The molecule has 0 unspecified atom stereocenters. The van der Waals surface area contributed by atoms with Crippen molar-refractivity contribution in [3.8, 4) is 5.69 Å². The van der Waals surface area contributed by atoms with Crippen LogP contribution in [0.1, 0.15) is 5.69 Å². The molecule has 1 aliphatic rings. The summed E-state index contributed by atoms with van der Waals surface area (Å²) in [6.07, 6.45) is 2.18. The minimum absolute atomic E-state index is 0.193. The summed E-state index contributed by atoms with van der Waals surface area (Å²) in [5, 5.41) is 5.46. The number of hydrogen-bond acceptors (Lipinski definition) is 4. The van der Waals surface area contributed by atoms with Crippen molar-refractivity contribution in [1.82, 2.24) is 19.6 Å². The van der Waals surface area contributed by atoms with Crippen LogP contribution in [0.4, 0.5) is 0 Å². The molecule has 1 aromatic carbocycles. The number of likely N-dealkylation sites (N-methyl/N-ethyl adjacent to an activating group) is 1. The topological polar surface area (TPSA) is 41.4 Å². The van der Waals surface area contributed by atoms with Gasteiger partial charge in [-0.2, -0.15) is 5.10 Å². The van der Waals surface area contributed by atoms with E-state index in [1.807, 2.05) is 18.3 Å². The lowest BCUT2D eigenvalue weighted by molar-refractivity contribution is -0.120. The van der Waals surface area contributed by atoms with Gasteiger partial charge in [-0.15, -0.1) is 0 Å². The molecule has 5 nitrogen and oxygen atoms in total. The summed E-state index contributed by atoms with van der Waals surface area (Å²) in [7, 11) is 2.11. The molecule has 3 rings (SSSR count). The third kappa shape index (κ3) is 4.36. The second-order valence-electron chi connectivity index (χ2n) is 6.14. The van der Waals surface area contributed by atoms with Crippen LogP contribution in [0.25, 0.3) is 5.69 Å². The Labute approximate surface area is 151 Å². The molecular formula is C17H20Cl2N4O. The van der Waals surface area contributed by atoms with E-state index in [2.05, 4.69) is 21.9 Å². The van der Waals surface area contributed by atoms with Gasteiger partial charge in [-0.05, 0) is 31.3 Å². The Kier molecular flexibility index (Phi) is 5.56. The molecule has 1 saturated heterocycles. The van der Waals surface area contributed by atoms with Gasteiger partial charge in [-0.25, -0.2) is 4.68 Å². The van der Waals surface area contributed by atoms with Crippen LogP contribution in [0, 0.1) is 0 Å². The molecule has 24 heavy (non-hydrogen) atoms. The Balaban J connectivity index is 1.59. The molecule has 0 saturated carbocycles. The molecule has 7 heteroatoms. The molecule has 2 aromatic rings. The molecule has 1 aromatic heterocycles. The Morgan fingerprint density at radius 2 is 1.88 bits per heavy atom. The lowest BCUT2D eigenvalue weighted by Gasteiger charge is -2.31. The van der Waals surface area contributed by atoms with Crippen molar-refractivity contribution in [3.05, 3.63) is 46.2 Å². The lowest BCUT2D eigenvalue weighted by Crippen LogP contribution is -2.46. The fourth-order valence-electron chi connectivity index (χ4n) is 2.74. The van der Waals surface area contributed by atoms with Gasteiger partial charge < -0.3 is 4.90 Å². The molecule has 0 amide bonds. The van der Waals surface area contributed by atoms with E-state index in [9.17, 15) is 4.79 Å². The zero-order valence-electron chi connectivity index (χ0n) is 13.6. The molecule has 0 bridgehead atoms. The molecule has 1 fully saturated rings. The number of halogens is 2. The molecule has 1 aliphatic heterocycles. The van der Waals surface area contributed by atoms with Crippen molar-refractivity contribution >= 4 is 29.0 Å². The maximum atomic E-state index is 12.3. The fourth-order valence-corrected chi connectivity index (χ4v) is 3.03. The summed E-state index contributed by atoms with van der Waals surface area (Å²) in [5.74, 6) is 0.193. The maximum Gasteiger partial charge on any atom is 0.152 e. The van der Waals surface area contributed by atoms with Gasteiger partial charge in [0.15, 0.2) is 5.78 Å². The number of piperazine rings is 1. The van der Waals surface area contributed by atoms with Gasteiger partial charge in [0.1, 0.15) is 0 Å². The fraction of sp³-hybridized carbons (Fsp3) is 0.412. The number of hydrogen-bond donors (Lipinski definition) is 0. The first-order chi connectivity index (χ1) is 11.5. The number of nitrogens with zero attached hydrogens (tertiary/aromatic N) is 4. The van der Waals surface area contributed by atoms with Crippen molar-refractivity contribution in [1.29, 1.82) is 0 Å². The second kappa shape index (κ2) is 7.66. The maximum absolute atomic E-state index is 12.3. The van der Waals surface area contributed by atoms with Crippen LogP contribution >= 0.6 is 23.2 Å². The first-order valence-corrected chi connectivity index (χ1v) is 8.69. The highest BCUT2D eigenvalue weighted by molar-refractivity contribution is 6.42. The van der Waals surface area contributed by atoms with Crippen molar-refractivity contribution in [2.45, 2.75) is 6.42 Å². The Bertz CT molecular complexity index is 723. The van der Waals surface area contributed by atoms with Crippen molar-refractivity contribution in [2.24, 2.45) is 0 Å². The van der Waals surface area contributed by atoms with Crippen molar-refractivity contribution < 1.29 is 4.79 Å². The Morgan fingerprint density at radius 3 is 2.58 bits per heavy atom. The van der Waals surface area contributed by atoms with E-state index >= 15 is 0 Å². The number of rotatable bonds is 5. The monoisotopic (exact) mass is 366 g/mol. The van der Waals surface area contributed by atoms with Crippen LogP contribution in [0.2, 0.25) is 10.0 Å². The van der Waals surface area contributed by atoms with Gasteiger partial charge in [-0.1, -0.05) is 23.2 Å². The normalized spacial score (nSPS) is 16.5. The van der Waals surface area contributed by atoms with E-state index in [4.69, 9.17) is 23.2 Å². The second-order valence-corrected chi connectivity index (χ2v) is 6.96. The van der Waals surface area contributed by atoms with Crippen LogP contribution in [-0.4, -0.2) is 65.1 Å². The predicted octanol–water partition coefficient (Wildman–Crippen LogP) is 2.54. The van der Waals surface area contributed by atoms with Crippen LogP contribution in [0.5, 0.6) is 0 Å². The van der Waals surface area contributed by atoms with Gasteiger partial charge in [0.05, 0.1) is 34.4 Å². The summed E-state index contributed by atoms with van der Waals surface area (Å²) >= 11 is 12.0. The number of Topliss-reactive ketones (excluding diaryl/α,β-unsaturated/α-hetero) is 1. The van der Waals surface area contributed by atoms with E-state index in [0.29, 0.717) is 23.0 Å². The standard InChI is InChI=1S/C17H20Cl2N4O/c1-21-6-8-22(9-7-21)12-15(24)10-13-4-5-23(20-13)14-2-3-16(18)17(19)11-14/h2-5,11H,6-10,12H2,1H3. The molecule has 0 N–H and O–H groups in total. The highest BCUT2D eigenvalue weighted by Gasteiger charge is 2.17. The average Bonchev–Trinajstić information content (AvgIpc) is 3.00. The smallest absolute Gasteiger partial charge is 0.152 e. The van der Waals surface area contributed by atoms with Crippen molar-refractivity contribution in [2.75, 3.05) is 39.8 Å². The summed E-state index contributed by atoms with van der Waals surface area (Å²) in [6, 6.07) is 7.20. The molecule has 0 atom stereocenters. The molecule has 0 radical (unpaired) electrons. The van der Waals surface area contributed by atoms with Crippen LogP contribution < -0.4 is 0 Å². The zero-order chi connectivity index (χ0) is 17.1. The molecule has 128 valence electrons. The zero-order valence-corrected chi connectivity index (χ0v) is 15.1. The van der Waals surface area contributed by atoms with E-state index in [0.717, 1.165) is 37.6 Å². The Hall–Kier alpha value is -1.40. The summed E-state index contributed by atoms with van der Waals surface area (Å²) < 4.78 is 1.71. The highest BCUT2D eigenvalue weighted by atomic mass is 35.5. The third-order valence-corrected chi connectivity index (χ3v) is 4.93. The number of benzene rings is 1. The quantitative estimate of drug-likeness (QED) is 0.815. The SMILES string of the molecule is CN1CCN(CC(=O)Cc2ccn(-c3ccc(Cl)c(Cl)c3)n2)CC1. The summed E-state index contributed by atoms with van der Waals surface area (Å²) in [6.45, 7) is 4.41. The van der Waals surface area contributed by atoms with E-state index in [-0.39, 0.29) is 5.78 Å². The van der Waals surface area contributed by atoms with Crippen molar-refractivity contribution in [3.63, 3.8) is 0 Å². The number of aromatic nitrogens is 2. The highest BCUT2D eigenvalue weighted by Crippen LogP contribution is 2.24. The molecule has 0 spiro atoms. The van der Waals surface area contributed by atoms with Gasteiger partial charge in [0.2, 0.25) is 0 Å². The van der Waals surface area contributed by atoms with Gasteiger partial charge in [-0.3, -0.25) is 9.69 Å². The lowest BCUT2D eigenvalue weighted by atomic mass is 10.2. The first-order valence-electron chi connectivity index (χ1n) is 7.94. The first kappa shape index (κ1) is 17.4. The van der Waals surface area contributed by atoms with Crippen LogP contribution in [-0.2, 0) is 11.2 Å². The van der Waals surface area contributed by atoms with E-state index in [1.165, 1.54) is 0 Å². The molecular weight excluding hydrogens is 347 g/mol. The van der Waals surface area contributed by atoms with Gasteiger partial charge in [0, 0.05) is 32.4 Å². The number of carbonyl (C=O) groups excluding carboxylic acids is 1. The number of ketones is 1. The predicted molar refractivity (Wildman–Crippen MR) is 96.2 cm³/mol. The largest absolute Gasteiger partial charge is 0.304 e. The van der Waals surface area contributed by atoms with Gasteiger partial charge in [0.25, 0.3) is 0 Å².